The molecule has 0 radical (unpaired) electrons. The number of nitrogens with one attached hydrogen (secondary N) is 1. The van der Waals surface area contributed by atoms with E-state index in [9.17, 15) is 9.59 Å². The largest absolute Gasteiger partial charge is 0.323 e. The van der Waals surface area contributed by atoms with Crippen LogP contribution in [0.3, 0.4) is 0 Å². The van der Waals surface area contributed by atoms with Gasteiger partial charge in [0, 0.05) is 12.4 Å². The second-order valence-electron chi connectivity index (χ2n) is 8.37. The smallest absolute Gasteiger partial charge is 0.280 e. The molecule has 3 heterocycles. The molecule has 0 aliphatic rings. The minimum absolute atomic E-state index is 0.380. The third-order valence-corrected chi connectivity index (χ3v) is 6.17. The van der Waals surface area contributed by atoms with Crippen molar-refractivity contribution < 1.29 is 4.79 Å². The summed E-state index contributed by atoms with van der Waals surface area (Å²) < 4.78 is 4.77. The third-order valence-electron chi connectivity index (χ3n) is 5.86. The van der Waals surface area contributed by atoms with Crippen molar-refractivity contribution in [1.29, 1.82) is 0 Å². The van der Waals surface area contributed by atoms with E-state index in [1.165, 1.54) is 4.68 Å². The first-order valence-corrected chi connectivity index (χ1v) is 11.5. The van der Waals surface area contributed by atoms with Crippen molar-refractivity contribution in [2.24, 2.45) is 0 Å². The minimum atomic E-state index is -0.888. The monoisotopic (exact) mass is 486 g/mol. The topological polar surface area (TPSA) is 86.7 Å². The van der Waals surface area contributed by atoms with E-state index >= 15 is 0 Å². The summed E-state index contributed by atoms with van der Waals surface area (Å²) in [4.78, 5) is 26.9. The molecule has 1 N–H and O–H groups in total. The summed E-state index contributed by atoms with van der Waals surface area (Å²) in [6, 6.07) is 17.8. The molecule has 8 nitrogen and oxygen atoms in total. The molecule has 1 unspecified atom stereocenters. The first-order chi connectivity index (χ1) is 16.8. The van der Waals surface area contributed by atoms with Crippen LogP contribution >= 0.6 is 11.6 Å². The number of para-hydroxylation sites is 1. The molecule has 3 aromatic heterocycles. The van der Waals surface area contributed by atoms with Gasteiger partial charge in [0.2, 0.25) is 5.91 Å². The Morgan fingerprint density at radius 1 is 1.00 bits per heavy atom. The molecule has 35 heavy (non-hydrogen) atoms. The van der Waals surface area contributed by atoms with Crippen molar-refractivity contribution in [3.8, 4) is 11.5 Å². The Morgan fingerprint density at radius 2 is 1.71 bits per heavy atom. The fourth-order valence-corrected chi connectivity index (χ4v) is 4.31. The van der Waals surface area contributed by atoms with Crippen LogP contribution in [0.15, 0.2) is 77.9 Å². The summed E-state index contributed by atoms with van der Waals surface area (Å²) in [7, 11) is 0. The van der Waals surface area contributed by atoms with Gasteiger partial charge in [0.1, 0.15) is 16.9 Å². The van der Waals surface area contributed by atoms with Crippen LogP contribution < -0.4 is 10.9 Å². The molecule has 0 aliphatic carbocycles. The lowest BCUT2D eigenvalue weighted by Crippen LogP contribution is -2.34. The van der Waals surface area contributed by atoms with Gasteiger partial charge in [-0.1, -0.05) is 35.9 Å². The standard InChI is InChI=1S/C26H23ClN6O2/c1-16-11-12-21(20(27)15-16)28-24(34)18(3)32-26(35)22-23(17(2)29-32)30-33(19-9-5-4-6-10-19)25(22)31-13-7-8-14-31/h4-15,18H,1-3H3,(H,28,34). The molecule has 0 fully saturated rings. The molecular weight excluding hydrogens is 464 g/mol. The van der Waals surface area contributed by atoms with Gasteiger partial charge in [0.25, 0.3) is 5.56 Å². The Hall–Kier alpha value is -4.17. The number of fused-ring (bicyclic) bond motifs is 1. The van der Waals surface area contributed by atoms with Gasteiger partial charge in [-0.05, 0) is 62.7 Å². The van der Waals surface area contributed by atoms with Crippen molar-refractivity contribution in [3.63, 3.8) is 0 Å². The summed E-state index contributed by atoms with van der Waals surface area (Å²) in [6.07, 6.45) is 3.70. The second kappa shape index (κ2) is 8.88. The van der Waals surface area contributed by atoms with E-state index in [1.807, 2.05) is 72.4 Å². The number of hydrogen-bond donors (Lipinski definition) is 1. The average Bonchev–Trinajstić information content (AvgIpc) is 3.51. The number of amides is 1. The van der Waals surface area contributed by atoms with E-state index in [-0.39, 0.29) is 0 Å². The molecule has 0 bridgehead atoms. The number of carbonyl (C=O) groups is 1. The Labute approximate surface area is 206 Å². The second-order valence-corrected chi connectivity index (χ2v) is 8.78. The highest BCUT2D eigenvalue weighted by atomic mass is 35.5. The van der Waals surface area contributed by atoms with Crippen molar-refractivity contribution >= 4 is 34.1 Å². The number of rotatable bonds is 5. The maximum atomic E-state index is 13.8. The quantitative estimate of drug-likeness (QED) is 0.385. The number of anilines is 1. The fraction of sp³-hybridized carbons (Fsp3) is 0.154. The minimum Gasteiger partial charge on any atom is -0.323 e. The van der Waals surface area contributed by atoms with Gasteiger partial charge in [-0.3, -0.25) is 9.59 Å². The van der Waals surface area contributed by atoms with Gasteiger partial charge >= 0.3 is 0 Å². The van der Waals surface area contributed by atoms with Crippen LogP contribution in [0.25, 0.3) is 22.4 Å². The van der Waals surface area contributed by atoms with Gasteiger partial charge in [-0.2, -0.15) is 10.2 Å². The zero-order chi connectivity index (χ0) is 24.7. The molecule has 0 spiro atoms. The number of aromatic nitrogens is 5. The SMILES string of the molecule is Cc1ccc(NC(=O)C(C)n2nc(C)c3nn(-c4ccccc4)c(-n4cccc4)c3c2=O)c(Cl)c1. The van der Waals surface area contributed by atoms with E-state index in [2.05, 4.69) is 10.4 Å². The Kier molecular flexibility index (Phi) is 5.74. The normalized spacial score (nSPS) is 12.1. The fourth-order valence-electron chi connectivity index (χ4n) is 4.02. The lowest BCUT2D eigenvalue weighted by molar-refractivity contribution is -0.119. The van der Waals surface area contributed by atoms with Crippen molar-refractivity contribution in [2.75, 3.05) is 5.32 Å². The van der Waals surface area contributed by atoms with Gasteiger partial charge in [0.15, 0.2) is 5.82 Å². The summed E-state index contributed by atoms with van der Waals surface area (Å²) in [5, 5.41) is 12.8. The maximum Gasteiger partial charge on any atom is 0.280 e. The van der Waals surface area contributed by atoms with Gasteiger partial charge in [-0.25, -0.2) is 9.36 Å². The van der Waals surface area contributed by atoms with E-state index in [1.54, 1.807) is 30.7 Å². The Bertz CT molecular complexity index is 1600. The summed E-state index contributed by atoms with van der Waals surface area (Å²) in [6.45, 7) is 5.33. The highest BCUT2D eigenvalue weighted by Crippen LogP contribution is 2.26. The van der Waals surface area contributed by atoms with Crippen molar-refractivity contribution in [2.45, 2.75) is 26.8 Å². The van der Waals surface area contributed by atoms with Crippen LogP contribution in [0.5, 0.6) is 0 Å². The number of aryl methyl sites for hydroxylation is 2. The van der Waals surface area contributed by atoms with Crippen molar-refractivity contribution in [1.82, 2.24) is 24.1 Å². The molecule has 1 atom stereocenters. The van der Waals surface area contributed by atoms with E-state index in [4.69, 9.17) is 16.7 Å². The Morgan fingerprint density at radius 3 is 2.40 bits per heavy atom. The number of halogens is 1. The van der Waals surface area contributed by atoms with Crippen LogP contribution in [-0.4, -0.2) is 30.0 Å². The third kappa shape index (κ3) is 4.02. The lowest BCUT2D eigenvalue weighted by atomic mass is 10.2. The highest BCUT2D eigenvalue weighted by Gasteiger charge is 2.25. The van der Waals surface area contributed by atoms with Crippen LogP contribution in [0, 0.1) is 13.8 Å². The number of hydrogen-bond acceptors (Lipinski definition) is 4. The summed E-state index contributed by atoms with van der Waals surface area (Å²) in [5.74, 6) is 0.178. The van der Waals surface area contributed by atoms with Crippen molar-refractivity contribution in [3.05, 3.63) is 99.7 Å². The Balaban J connectivity index is 1.65. The van der Waals surface area contributed by atoms with E-state index in [0.29, 0.717) is 33.1 Å². The molecule has 0 saturated carbocycles. The average molecular weight is 487 g/mol. The predicted molar refractivity (Wildman–Crippen MR) is 137 cm³/mol. The lowest BCUT2D eigenvalue weighted by Gasteiger charge is -2.16. The summed E-state index contributed by atoms with van der Waals surface area (Å²) >= 11 is 6.29. The summed E-state index contributed by atoms with van der Waals surface area (Å²) in [5.41, 5.74) is 2.87. The van der Waals surface area contributed by atoms with Crippen LogP contribution in [0.1, 0.15) is 24.2 Å². The molecule has 9 heteroatoms. The van der Waals surface area contributed by atoms with E-state index < -0.39 is 17.5 Å². The maximum absolute atomic E-state index is 13.8. The molecule has 176 valence electrons. The molecule has 5 rings (SSSR count). The van der Waals surface area contributed by atoms with E-state index in [0.717, 1.165) is 11.3 Å². The number of benzene rings is 2. The molecule has 0 saturated heterocycles. The molecule has 0 aliphatic heterocycles. The van der Waals surface area contributed by atoms with Gasteiger partial charge < -0.3 is 9.88 Å². The van der Waals surface area contributed by atoms with Crippen LogP contribution in [-0.2, 0) is 4.79 Å². The molecule has 5 aromatic rings. The first kappa shape index (κ1) is 22.6. The number of nitrogens with zero attached hydrogens (tertiary/aromatic N) is 5. The predicted octanol–water partition coefficient (Wildman–Crippen LogP) is 4.84. The van der Waals surface area contributed by atoms with Crippen LogP contribution in [0.2, 0.25) is 5.02 Å². The first-order valence-electron chi connectivity index (χ1n) is 11.1. The molecular formula is C26H23ClN6O2. The van der Waals surface area contributed by atoms with Gasteiger partial charge in [0.05, 0.1) is 22.1 Å². The van der Waals surface area contributed by atoms with Gasteiger partial charge in [-0.15, -0.1) is 0 Å². The zero-order valence-corrected chi connectivity index (χ0v) is 20.2. The highest BCUT2D eigenvalue weighted by molar-refractivity contribution is 6.33. The molecule has 2 aromatic carbocycles. The van der Waals surface area contributed by atoms with Crippen LogP contribution in [0.4, 0.5) is 5.69 Å². The number of carbonyl (C=O) groups excluding carboxylic acids is 1. The zero-order valence-electron chi connectivity index (χ0n) is 19.4. The molecule has 1 amide bonds.